The molecule has 2 amide bonds. The van der Waals surface area contributed by atoms with Gasteiger partial charge in [-0.1, -0.05) is 12.1 Å². The lowest BCUT2D eigenvalue weighted by Crippen LogP contribution is -2.32. The summed E-state index contributed by atoms with van der Waals surface area (Å²) in [6, 6.07) is 11.8. The summed E-state index contributed by atoms with van der Waals surface area (Å²) < 4.78 is 15.4. The Morgan fingerprint density at radius 2 is 1.56 bits per heavy atom. The van der Waals surface area contributed by atoms with Crippen LogP contribution < -0.4 is 24.8 Å². The van der Waals surface area contributed by atoms with Gasteiger partial charge in [-0.15, -0.1) is 0 Å². The second-order valence-corrected chi connectivity index (χ2v) is 5.00. The van der Waals surface area contributed by atoms with Gasteiger partial charge in [-0.25, -0.2) is 0 Å². The van der Waals surface area contributed by atoms with Crippen LogP contribution in [0.1, 0.15) is 10.4 Å². The zero-order chi connectivity index (χ0) is 18.2. The zero-order valence-corrected chi connectivity index (χ0v) is 14.3. The molecule has 0 aliphatic carbocycles. The van der Waals surface area contributed by atoms with Crippen molar-refractivity contribution in [3.8, 4) is 17.2 Å². The van der Waals surface area contributed by atoms with Gasteiger partial charge < -0.3 is 24.8 Å². The molecule has 0 aliphatic rings. The van der Waals surface area contributed by atoms with Gasteiger partial charge in [-0.3, -0.25) is 9.59 Å². The molecule has 2 N–H and O–H groups in total. The smallest absolute Gasteiger partial charge is 0.251 e. The van der Waals surface area contributed by atoms with Crippen molar-refractivity contribution in [2.24, 2.45) is 0 Å². The third-order valence-electron chi connectivity index (χ3n) is 3.44. The third-order valence-corrected chi connectivity index (χ3v) is 3.44. The molecule has 2 rings (SSSR count). The largest absolute Gasteiger partial charge is 0.495 e. The Morgan fingerprint density at radius 3 is 2.24 bits per heavy atom. The second kappa shape index (κ2) is 8.58. The molecule has 2 aromatic carbocycles. The molecule has 0 saturated carbocycles. The molecule has 7 nitrogen and oxygen atoms in total. The van der Waals surface area contributed by atoms with Crippen molar-refractivity contribution in [3.63, 3.8) is 0 Å². The van der Waals surface area contributed by atoms with E-state index >= 15 is 0 Å². The normalized spacial score (nSPS) is 9.88. The molecule has 0 atom stereocenters. The van der Waals surface area contributed by atoms with Gasteiger partial charge >= 0.3 is 0 Å². The SMILES string of the molecule is COc1ccccc1NC(=O)CNC(=O)c1ccc(OC)c(OC)c1. The lowest BCUT2D eigenvalue weighted by Gasteiger charge is -2.11. The predicted molar refractivity (Wildman–Crippen MR) is 93.5 cm³/mol. The van der Waals surface area contributed by atoms with Gasteiger partial charge in [0.1, 0.15) is 5.75 Å². The molecule has 132 valence electrons. The number of benzene rings is 2. The fourth-order valence-electron chi connectivity index (χ4n) is 2.18. The number of rotatable bonds is 7. The van der Waals surface area contributed by atoms with Crippen LogP contribution in [0.25, 0.3) is 0 Å². The number of nitrogens with one attached hydrogen (secondary N) is 2. The Labute approximate surface area is 145 Å². The van der Waals surface area contributed by atoms with Gasteiger partial charge in [0.25, 0.3) is 5.91 Å². The maximum Gasteiger partial charge on any atom is 0.251 e. The summed E-state index contributed by atoms with van der Waals surface area (Å²) in [5.41, 5.74) is 0.901. The molecule has 25 heavy (non-hydrogen) atoms. The molecular formula is C18H20N2O5. The van der Waals surface area contributed by atoms with Crippen molar-refractivity contribution in [1.29, 1.82) is 0 Å². The molecule has 0 radical (unpaired) electrons. The van der Waals surface area contributed by atoms with Crippen LogP contribution in [0.3, 0.4) is 0 Å². The Bertz CT molecular complexity index is 761. The summed E-state index contributed by atoms with van der Waals surface area (Å²) in [5, 5.41) is 5.24. The highest BCUT2D eigenvalue weighted by atomic mass is 16.5. The van der Waals surface area contributed by atoms with Gasteiger partial charge in [-0.2, -0.15) is 0 Å². The van der Waals surface area contributed by atoms with E-state index in [-0.39, 0.29) is 12.5 Å². The molecule has 0 spiro atoms. The quantitative estimate of drug-likeness (QED) is 0.803. The van der Waals surface area contributed by atoms with E-state index in [2.05, 4.69) is 10.6 Å². The summed E-state index contributed by atoms with van der Waals surface area (Å²) in [6.07, 6.45) is 0. The minimum atomic E-state index is -0.392. The minimum Gasteiger partial charge on any atom is -0.495 e. The van der Waals surface area contributed by atoms with Crippen LogP contribution in [-0.2, 0) is 4.79 Å². The highest BCUT2D eigenvalue weighted by Crippen LogP contribution is 2.27. The van der Waals surface area contributed by atoms with Crippen LogP contribution >= 0.6 is 0 Å². The highest BCUT2D eigenvalue weighted by Gasteiger charge is 2.12. The highest BCUT2D eigenvalue weighted by molar-refractivity contribution is 6.00. The molecule has 2 aromatic rings. The lowest BCUT2D eigenvalue weighted by molar-refractivity contribution is -0.115. The van der Waals surface area contributed by atoms with E-state index < -0.39 is 5.91 Å². The number of carbonyl (C=O) groups excluding carboxylic acids is 2. The maximum absolute atomic E-state index is 12.2. The zero-order valence-electron chi connectivity index (χ0n) is 14.3. The Kier molecular flexibility index (Phi) is 6.22. The Balaban J connectivity index is 1.96. The number of ether oxygens (including phenoxy) is 3. The third kappa shape index (κ3) is 4.63. The van der Waals surface area contributed by atoms with E-state index in [1.807, 2.05) is 0 Å². The van der Waals surface area contributed by atoms with Crippen molar-refractivity contribution < 1.29 is 23.8 Å². The van der Waals surface area contributed by atoms with Gasteiger partial charge in [0, 0.05) is 5.56 Å². The molecule has 0 saturated heterocycles. The standard InChI is InChI=1S/C18H20N2O5/c1-23-14-7-5-4-6-13(14)20-17(21)11-19-18(22)12-8-9-15(24-2)16(10-12)25-3/h4-10H,11H2,1-3H3,(H,19,22)(H,20,21). The predicted octanol–water partition coefficient (Wildman–Crippen LogP) is 2.08. The van der Waals surface area contributed by atoms with Crippen molar-refractivity contribution in [3.05, 3.63) is 48.0 Å². The number of methoxy groups -OCH3 is 3. The molecule has 0 bridgehead atoms. The fraction of sp³-hybridized carbons (Fsp3) is 0.222. The molecule has 0 heterocycles. The van der Waals surface area contributed by atoms with Crippen LogP contribution in [0, 0.1) is 0 Å². The number of amides is 2. The Hall–Kier alpha value is -3.22. The number of para-hydroxylation sites is 2. The van der Waals surface area contributed by atoms with E-state index in [1.54, 1.807) is 42.5 Å². The molecule has 0 unspecified atom stereocenters. The van der Waals surface area contributed by atoms with E-state index in [4.69, 9.17) is 14.2 Å². The first-order valence-corrected chi connectivity index (χ1v) is 7.52. The average molecular weight is 344 g/mol. The van der Waals surface area contributed by atoms with Crippen molar-refractivity contribution >= 4 is 17.5 Å². The topological polar surface area (TPSA) is 85.9 Å². The van der Waals surface area contributed by atoms with E-state index in [0.29, 0.717) is 28.5 Å². The molecular weight excluding hydrogens is 324 g/mol. The van der Waals surface area contributed by atoms with Crippen molar-refractivity contribution in [2.45, 2.75) is 0 Å². The first-order valence-electron chi connectivity index (χ1n) is 7.52. The van der Waals surface area contributed by atoms with E-state index in [1.165, 1.54) is 21.3 Å². The first-order chi connectivity index (χ1) is 12.1. The summed E-state index contributed by atoms with van der Waals surface area (Å²) in [7, 11) is 4.52. The monoisotopic (exact) mass is 344 g/mol. The number of anilines is 1. The number of carbonyl (C=O) groups is 2. The van der Waals surface area contributed by atoms with Gasteiger partial charge in [0.15, 0.2) is 11.5 Å². The van der Waals surface area contributed by atoms with Gasteiger partial charge in [0.2, 0.25) is 5.91 Å². The van der Waals surface area contributed by atoms with E-state index in [0.717, 1.165) is 0 Å². The fourth-order valence-corrected chi connectivity index (χ4v) is 2.18. The minimum absolute atomic E-state index is 0.175. The molecule has 0 aromatic heterocycles. The summed E-state index contributed by atoms with van der Waals surface area (Å²) >= 11 is 0. The van der Waals surface area contributed by atoms with Crippen molar-refractivity contribution in [1.82, 2.24) is 5.32 Å². The molecule has 0 fully saturated rings. The number of hydrogen-bond donors (Lipinski definition) is 2. The second-order valence-electron chi connectivity index (χ2n) is 5.00. The van der Waals surface area contributed by atoms with Crippen molar-refractivity contribution in [2.75, 3.05) is 33.2 Å². The lowest BCUT2D eigenvalue weighted by atomic mass is 10.2. The van der Waals surface area contributed by atoms with Crippen LogP contribution in [0.15, 0.2) is 42.5 Å². The van der Waals surface area contributed by atoms with Crippen LogP contribution in [0.4, 0.5) is 5.69 Å². The summed E-state index contributed by atoms with van der Waals surface area (Å²) in [5.74, 6) is 0.748. The molecule has 0 aliphatic heterocycles. The number of hydrogen-bond acceptors (Lipinski definition) is 5. The van der Waals surface area contributed by atoms with Gasteiger partial charge in [-0.05, 0) is 30.3 Å². The van der Waals surface area contributed by atoms with Crippen LogP contribution in [0.2, 0.25) is 0 Å². The van der Waals surface area contributed by atoms with E-state index in [9.17, 15) is 9.59 Å². The molecule has 7 heteroatoms. The van der Waals surface area contributed by atoms with Crippen LogP contribution in [0.5, 0.6) is 17.2 Å². The maximum atomic E-state index is 12.2. The Morgan fingerprint density at radius 1 is 0.880 bits per heavy atom. The van der Waals surface area contributed by atoms with Crippen LogP contribution in [-0.4, -0.2) is 39.7 Å². The van der Waals surface area contributed by atoms with Gasteiger partial charge in [0.05, 0.1) is 33.6 Å². The first kappa shape index (κ1) is 18.1. The summed E-state index contributed by atoms with van der Waals surface area (Å²) in [6.45, 7) is -0.175. The summed E-state index contributed by atoms with van der Waals surface area (Å²) in [4.78, 5) is 24.2. The average Bonchev–Trinajstić information content (AvgIpc) is 2.65.